The summed E-state index contributed by atoms with van der Waals surface area (Å²) < 4.78 is 0. The van der Waals surface area contributed by atoms with Crippen molar-refractivity contribution in [2.24, 2.45) is 5.92 Å². The lowest BCUT2D eigenvalue weighted by molar-refractivity contribution is -0.143. The molecule has 0 radical (unpaired) electrons. The first-order valence-corrected chi connectivity index (χ1v) is 7.23. The van der Waals surface area contributed by atoms with E-state index in [2.05, 4.69) is 12.2 Å². The van der Waals surface area contributed by atoms with Crippen molar-refractivity contribution in [2.45, 2.75) is 58.4 Å². The summed E-state index contributed by atoms with van der Waals surface area (Å²) in [5.74, 6) is -0.268. The van der Waals surface area contributed by atoms with E-state index in [1.165, 1.54) is 12.8 Å². The van der Waals surface area contributed by atoms with Gasteiger partial charge in [-0.25, -0.2) is 9.59 Å². The second-order valence-corrected chi connectivity index (χ2v) is 5.64. The first kappa shape index (κ1) is 15.8. The van der Waals surface area contributed by atoms with Gasteiger partial charge in [0.25, 0.3) is 0 Å². The second-order valence-electron chi connectivity index (χ2n) is 5.64. The number of urea groups is 1. The average molecular weight is 270 g/mol. The van der Waals surface area contributed by atoms with Crippen LogP contribution in [0, 0.1) is 5.92 Å². The third-order valence-electron chi connectivity index (χ3n) is 4.16. The van der Waals surface area contributed by atoms with Crippen LogP contribution in [-0.4, -0.2) is 40.6 Å². The fraction of sp³-hybridized carbons (Fsp3) is 0.857. The predicted molar refractivity (Wildman–Crippen MR) is 74.1 cm³/mol. The van der Waals surface area contributed by atoms with Crippen LogP contribution < -0.4 is 5.32 Å². The Bertz CT molecular complexity index is 325. The third-order valence-corrected chi connectivity index (χ3v) is 4.16. The zero-order valence-electron chi connectivity index (χ0n) is 12.2. The van der Waals surface area contributed by atoms with Crippen LogP contribution in [0.1, 0.15) is 52.9 Å². The molecular formula is C14H26N2O3. The number of likely N-dealkylation sites (tertiary alicyclic amines) is 1. The number of nitrogens with one attached hydrogen (secondary N) is 1. The molecule has 1 saturated heterocycles. The van der Waals surface area contributed by atoms with Crippen LogP contribution in [0.3, 0.4) is 0 Å². The van der Waals surface area contributed by atoms with E-state index in [0.29, 0.717) is 12.3 Å². The van der Waals surface area contributed by atoms with Gasteiger partial charge < -0.3 is 15.3 Å². The molecule has 1 rings (SSSR count). The van der Waals surface area contributed by atoms with Crippen LogP contribution in [0.25, 0.3) is 0 Å². The molecule has 0 aromatic rings. The lowest BCUT2D eigenvalue weighted by Crippen LogP contribution is -2.56. The summed E-state index contributed by atoms with van der Waals surface area (Å²) in [6.45, 7) is 6.96. The number of carboxylic acids is 1. The number of aliphatic carboxylic acids is 1. The molecule has 1 fully saturated rings. The van der Waals surface area contributed by atoms with E-state index < -0.39 is 11.5 Å². The molecule has 0 saturated carbocycles. The number of hydrogen-bond acceptors (Lipinski definition) is 2. The zero-order valence-corrected chi connectivity index (χ0v) is 12.2. The molecule has 0 spiro atoms. The molecule has 19 heavy (non-hydrogen) atoms. The van der Waals surface area contributed by atoms with E-state index in [0.717, 1.165) is 25.9 Å². The molecule has 2 amide bonds. The van der Waals surface area contributed by atoms with Crippen molar-refractivity contribution in [2.75, 3.05) is 13.1 Å². The van der Waals surface area contributed by atoms with Gasteiger partial charge in [0.05, 0.1) is 0 Å². The summed E-state index contributed by atoms with van der Waals surface area (Å²) in [6, 6.07) is -0.248. The number of carboxylic acid groups (broad SMARTS) is 1. The minimum Gasteiger partial charge on any atom is -0.480 e. The third kappa shape index (κ3) is 4.11. The maximum atomic E-state index is 12.1. The largest absolute Gasteiger partial charge is 0.480 e. The maximum Gasteiger partial charge on any atom is 0.329 e. The molecule has 2 N–H and O–H groups in total. The number of carbonyl (C=O) groups excluding carboxylic acids is 1. The summed E-state index contributed by atoms with van der Waals surface area (Å²) in [7, 11) is 0. The number of amides is 2. The molecule has 1 heterocycles. The van der Waals surface area contributed by atoms with E-state index in [1.54, 1.807) is 18.7 Å². The molecule has 1 aliphatic rings. The number of carbonyl (C=O) groups is 2. The van der Waals surface area contributed by atoms with Gasteiger partial charge in [-0.05, 0) is 32.1 Å². The number of nitrogens with zero attached hydrogens (tertiary/aromatic N) is 1. The van der Waals surface area contributed by atoms with E-state index >= 15 is 0 Å². The van der Waals surface area contributed by atoms with Gasteiger partial charge in [0.2, 0.25) is 0 Å². The van der Waals surface area contributed by atoms with Crippen LogP contribution in [0.5, 0.6) is 0 Å². The van der Waals surface area contributed by atoms with Crippen molar-refractivity contribution in [1.82, 2.24) is 10.2 Å². The van der Waals surface area contributed by atoms with Gasteiger partial charge in [-0.1, -0.05) is 26.7 Å². The number of rotatable bonds is 5. The van der Waals surface area contributed by atoms with Crippen LogP contribution >= 0.6 is 0 Å². The van der Waals surface area contributed by atoms with Crippen LogP contribution in [0.4, 0.5) is 4.79 Å². The molecular weight excluding hydrogens is 244 g/mol. The fourth-order valence-corrected chi connectivity index (χ4v) is 2.44. The van der Waals surface area contributed by atoms with Crippen molar-refractivity contribution in [3.63, 3.8) is 0 Å². The molecule has 0 aromatic carbocycles. The molecule has 1 aliphatic heterocycles. The minimum atomic E-state index is -1.17. The van der Waals surface area contributed by atoms with Crippen molar-refractivity contribution in [3.8, 4) is 0 Å². The average Bonchev–Trinajstić information content (AvgIpc) is 2.39. The Morgan fingerprint density at radius 1 is 1.32 bits per heavy atom. The van der Waals surface area contributed by atoms with E-state index in [4.69, 9.17) is 5.11 Å². The monoisotopic (exact) mass is 270 g/mol. The Kier molecular flexibility index (Phi) is 5.63. The molecule has 0 bridgehead atoms. The van der Waals surface area contributed by atoms with Crippen molar-refractivity contribution < 1.29 is 14.7 Å². The Morgan fingerprint density at radius 2 is 1.89 bits per heavy atom. The SMILES string of the molecule is CCCC1CCN(C(=O)NC(C)(CC)C(=O)O)CC1. The Balaban J connectivity index is 2.49. The maximum absolute atomic E-state index is 12.1. The lowest BCUT2D eigenvalue weighted by Gasteiger charge is -2.34. The number of piperidine rings is 1. The van der Waals surface area contributed by atoms with Gasteiger partial charge in [-0.15, -0.1) is 0 Å². The molecule has 0 aromatic heterocycles. The molecule has 0 aliphatic carbocycles. The lowest BCUT2D eigenvalue weighted by atomic mass is 9.92. The molecule has 5 heteroatoms. The van der Waals surface area contributed by atoms with Crippen LogP contribution in [0.15, 0.2) is 0 Å². The van der Waals surface area contributed by atoms with Crippen LogP contribution in [-0.2, 0) is 4.79 Å². The highest BCUT2D eigenvalue weighted by Crippen LogP contribution is 2.22. The van der Waals surface area contributed by atoms with E-state index in [9.17, 15) is 9.59 Å². The summed E-state index contributed by atoms with van der Waals surface area (Å²) >= 11 is 0. The predicted octanol–water partition coefficient (Wildman–Crippen LogP) is 2.46. The summed E-state index contributed by atoms with van der Waals surface area (Å²) in [6.07, 6.45) is 4.83. The highest BCUT2D eigenvalue weighted by molar-refractivity contribution is 5.85. The normalized spacial score (nSPS) is 19.8. The minimum absolute atomic E-state index is 0.248. The quantitative estimate of drug-likeness (QED) is 0.806. The zero-order chi connectivity index (χ0) is 14.5. The van der Waals surface area contributed by atoms with Crippen molar-refractivity contribution in [1.29, 1.82) is 0 Å². The smallest absolute Gasteiger partial charge is 0.329 e. The molecule has 1 unspecified atom stereocenters. The standard InChI is InChI=1S/C14H26N2O3/c1-4-6-11-7-9-16(10-8-11)13(19)15-14(3,5-2)12(17)18/h11H,4-10H2,1-3H3,(H,15,19)(H,17,18). The van der Waals surface area contributed by atoms with Gasteiger partial charge in [-0.3, -0.25) is 0 Å². The molecule has 1 atom stereocenters. The first-order chi connectivity index (χ1) is 8.92. The Labute approximate surface area is 115 Å². The topological polar surface area (TPSA) is 69.6 Å². The van der Waals surface area contributed by atoms with E-state index in [1.807, 2.05) is 0 Å². The van der Waals surface area contributed by atoms with Gasteiger partial charge >= 0.3 is 12.0 Å². The summed E-state index contributed by atoms with van der Waals surface area (Å²) in [5.41, 5.74) is -1.17. The highest BCUT2D eigenvalue weighted by Gasteiger charge is 2.34. The summed E-state index contributed by atoms with van der Waals surface area (Å²) in [5, 5.41) is 11.8. The molecule has 5 nitrogen and oxygen atoms in total. The summed E-state index contributed by atoms with van der Waals surface area (Å²) in [4.78, 5) is 25.0. The van der Waals surface area contributed by atoms with Gasteiger partial charge in [0, 0.05) is 13.1 Å². The number of hydrogen-bond donors (Lipinski definition) is 2. The van der Waals surface area contributed by atoms with Crippen molar-refractivity contribution >= 4 is 12.0 Å². The van der Waals surface area contributed by atoms with Crippen molar-refractivity contribution in [3.05, 3.63) is 0 Å². The van der Waals surface area contributed by atoms with Gasteiger partial charge in [0.15, 0.2) is 0 Å². The first-order valence-electron chi connectivity index (χ1n) is 7.23. The molecule has 110 valence electrons. The fourth-order valence-electron chi connectivity index (χ4n) is 2.44. The Morgan fingerprint density at radius 3 is 2.32 bits per heavy atom. The van der Waals surface area contributed by atoms with Gasteiger partial charge in [-0.2, -0.15) is 0 Å². The Hall–Kier alpha value is -1.26. The van der Waals surface area contributed by atoms with Crippen LogP contribution in [0.2, 0.25) is 0 Å². The highest BCUT2D eigenvalue weighted by atomic mass is 16.4. The second kappa shape index (κ2) is 6.78. The van der Waals surface area contributed by atoms with E-state index in [-0.39, 0.29) is 6.03 Å². The van der Waals surface area contributed by atoms with Gasteiger partial charge in [0.1, 0.15) is 5.54 Å².